The third-order valence-electron chi connectivity index (χ3n) is 7.55. The maximum atomic E-state index is 14.4. The number of aromatic nitrogens is 7. The molecule has 206 valence electrons. The van der Waals surface area contributed by atoms with Crippen molar-refractivity contribution in [2.45, 2.75) is 24.9 Å². The van der Waals surface area contributed by atoms with Gasteiger partial charge in [0.05, 0.1) is 5.56 Å². The molecule has 10 nitrogen and oxygen atoms in total. The zero-order chi connectivity index (χ0) is 29.0. The van der Waals surface area contributed by atoms with Crippen LogP contribution in [0.2, 0.25) is 0 Å². The Morgan fingerprint density at radius 2 is 2.02 bits per heavy atom. The van der Waals surface area contributed by atoms with Crippen molar-refractivity contribution in [3.8, 4) is 34.4 Å². The Kier molecular flexibility index (Phi) is 5.99. The summed E-state index contributed by atoms with van der Waals surface area (Å²) in [5, 5.41) is 29.5. The van der Waals surface area contributed by atoms with Crippen LogP contribution in [0.4, 0.5) is 4.39 Å². The van der Waals surface area contributed by atoms with Crippen LogP contribution in [0.25, 0.3) is 39.2 Å². The van der Waals surface area contributed by atoms with Gasteiger partial charge in [0, 0.05) is 59.5 Å². The number of H-pyrrole nitrogens is 1. The molecule has 0 radical (unpaired) electrons. The molecule has 11 heteroatoms. The van der Waals surface area contributed by atoms with Crippen molar-refractivity contribution in [2.75, 3.05) is 0 Å². The molecule has 5 aromatic heterocycles. The summed E-state index contributed by atoms with van der Waals surface area (Å²) in [7, 11) is 1.78. The smallest absolute Gasteiger partial charge is 0.280 e. The van der Waals surface area contributed by atoms with E-state index in [0.29, 0.717) is 39.4 Å². The van der Waals surface area contributed by atoms with Crippen molar-refractivity contribution in [3.05, 3.63) is 112 Å². The normalized spacial score (nSPS) is 13.8. The van der Waals surface area contributed by atoms with E-state index in [4.69, 9.17) is 4.98 Å². The van der Waals surface area contributed by atoms with E-state index in [0.717, 1.165) is 24.1 Å². The number of aryl methyl sites for hydroxylation is 1. The van der Waals surface area contributed by atoms with Crippen LogP contribution in [0.5, 0.6) is 0 Å². The fourth-order valence-electron chi connectivity index (χ4n) is 5.24. The van der Waals surface area contributed by atoms with E-state index in [1.54, 1.807) is 60.7 Å². The van der Waals surface area contributed by atoms with Gasteiger partial charge in [-0.1, -0.05) is 12.1 Å². The van der Waals surface area contributed by atoms with Crippen molar-refractivity contribution in [2.24, 2.45) is 7.05 Å². The van der Waals surface area contributed by atoms with E-state index in [1.807, 2.05) is 6.07 Å². The second kappa shape index (κ2) is 9.87. The van der Waals surface area contributed by atoms with Gasteiger partial charge in [0.2, 0.25) is 0 Å². The Morgan fingerprint density at radius 3 is 2.74 bits per heavy atom. The summed E-state index contributed by atoms with van der Waals surface area (Å²) < 4.78 is 17.5. The standard InChI is InChI=1S/C31H23FN8O2/c1-39-16-35-38-30(39)24-11-21(32)6-7-22(24)19-9-25(17-4-5-17)36-27(10-19)40-15-20(13-33)23-12-26(37-28(23)31(40)42)29(41)18-3-2-8-34-14-18/h2-3,6-12,14-17,29,37,41H,4-5H2,1H3. The molecule has 1 aliphatic rings. The summed E-state index contributed by atoms with van der Waals surface area (Å²) in [5.41, 5.74) is 3.69. The minimum atomic E-state index is -1.06. The summed E-state index contributed by atoms with van der Waals surface area (Å²) in [4.78, 5) is 25.8. The number of hydrogen-bond acceptors (Lipinski definition) is 7. The average molecular weight is 559 g/mol. The molecule has 7 rings (SSSR count). The molecular formula is C31H23FN8O2. The lowest BCUT2D eigenvalue weighted by molar-refractivity contribution is 0.216. The SMILES string of the molecule is Cn1cnnc1-c1cc(F)ccc1-c1cc(C2CC2)nc(-n2cc(C#N)c3cc(C(O)c4cccnc4)[nH]c3c2=O)c1. The number of pyridine rings is 3. The quantitative estimate of drug-likeness (QED) is 0.306. The molecule has 0 saturated heterocycles. The van der Waals surface area contributed by atoms with E-state index in [1.165, 1.54) is 22.9 Å². The van der Waals surface area contributed by atoms with Gasteiger partial charge in [-0.25, -0.2) is 9.37 Å². The Morgan fingerprint density at radius 1 is 1.17 bits per heavy atom. The molecule has 1 unspecified atom stereocenters. The molecule has 0 amide bonds. The van der Waals surface area contributed by atoms with Gasteiger partial charge in [-0.05, 0) is 60.4 Å². The third kappa shape index (κ3) is 4.34. The number of rotatable bonds is 6. The second-order valence-corrected chi connectivity index (χ2v) is 10.4. The molecule has 5 heterocycles. The molecule has 6 aromatic rings. The summed E-state index contributed by atoms with van der Waals surface area (Å²) >= 11 is 0. The molecule has 1 atom stereocenters. The predicted molar refractivity (Wildman–Crippen MR) is 152 cm³/mol. The number of halogens is 1. The van der Waals surface area contributed by atoms with Crippen LogP contribution < -0.4 is 5.56 Å². The highest BCUT2D eigenvalue weighted by atomic mass is 19.1. The first-order valence-electron chi connectivity index (χ1n) is 13.3. The van der Waals surface area contributed by atoms with Gasteiger partial charge in [-0.2, -0.15) is 5.26 Å². The number of fused-ring (bicyclic) bond motifs is 1. The number of hydrogen-bond donors (Lipinski definition) is 2. The van der Waals surface area contributed by atoms with Crippen LogP contribution in [0, 0.1) is 17.1 Å². The first-order valence-corrected chi connectivity index (χ1v) is 13.3. The molecule has 0 aliphatic heterocycles. The fraction of sp³-hybridized carbons (Fsp3) is 0.161. The predicted octanol–water partition coefficient (Wildman–Crippen LogP) is 4.54. The fourth-order valence-corrected chi connectivity index (χ4v) is 5.24. The first kappa shape index (κ1) is 25.5. The number of nitrogens with one attached hydrogen (secondary N) is 1. The van der Waals surface area contributed by atoms with Gasteiger partial charge < -0.3 is 14.7 Å². The topological polar surface area (TPSA) is 138 Å². The average Bonchev–Trinajstić information content (AvgIpc) is 3.62. The van der Waals surface area contributed by atoms with Crippen molar-refractivity contribution in [1.82, 2.24) is 34.3 Å². The van der Waals surface area contributed by atoms with Crippen molar-refractivity contribution >= 4 is 10.9 Å². The van der Waals surface area contributed by atoms with Crippen LogP contribution in [0.3, 0.4) is 0 Å². The number of aliphatic hydroxyl groups is 1. The third-order valence-corrected chi connectivity index (χ3v) is 7.55. The largest absolute Gasteiger partial charge is 0.382 e. The number of nitrogens with zero attached hydrogens (tertiary/aromatic N) is 7. The highest BCUT2D eigenvalue weighted by molar-refractivity contribution is 5.86. The Bertz CT molecular complexity index is 2090. The van der Waals surface area contributed by atoms with Crippen molar-refractivity contribution in [1.29, 1.82) is 5.26 Å². The van der Waals surface area contributed by atoms with Gasteiger partial charge in [-0.3, -0.25) is 14.3 Å². The van der Waals surface area contributed by atoms with E-state index >= 15 is 0 Å². The highest BCUT2D eigenvalue weighted by Crippen LogP contribution is 2.42. The number of aromatic amines is 1. The molecule has 1 fully saturated rings. The summed E-state index contributed by atoms with van der Waals surface area (Å²) in [6.07, 6.45) is 7.04. The van der Waals surface area contributed by atoms with Gasteiger partial charge in [0.15, 0.2) is 5.82 Å². The molecular weight excluding hydrogens is 535 g/mol. The zero-order valence-corrected chi connectivity index (χ0v) is 22.4. The molecule has 1 aliphatic carbocycles. The van der Waals surface area contributed by atoms with Crippen LogP contribution in [-0.4, -0.2) is 39.4 Å². The van der Waals surface area contributed by atoms with Gasteiger partial charge >= 0.3 is 0 Å². The van der Waals surface area contributed by atoms with E-state index in [2.05, 4.69) is 26.2 Å². The van der Waals surface area contributed by atoms with Crippen LogP contribution >= 0.6 is 0 Å². The van der Waals surface area contributed by atoms with Crippen molar-refractivity contribution < 1.29 is 9.50 Å². The van der Waals surface area contributed by atoms with Crippen LogP contribution in [-0.2, 0) is 7.05 Å². The lowest BCUT2D eigenvalue weighted by atomic mass is 9.98. The molecule has 0 spiro atoms. The lowest BCUT2D eigenvalue weighted by Gasteiger charge is -2.14. The van der Waals surface area contributed by atoms with Crippen LogP contribution in [0.15, 0.2) is 78.2 Å². The van der Waals surface area contributed by atoms with Gasteiger partial charge in [0.25, 0.3) is 5.56 Å². The minimum Gasteiger partial charge on any atom is -0.382 e. The summed E-state index contributed by atoms with van der Waals surface area (Å²) in [6, 6.07) is 15.4. The summed E-state index contributed by atoms with van der Waals surface area (Å²) in [6.45, 7) is 0. The van der Waals surface area contributed by atoms with E-state index in [-0.39, 0.29) is 17.0 Å². The number of nitriles is 1. The highest BCUT2D eigenvalue weighted by Gasteiger charge is 2.27. The number of aliphatic hydroxyl groups excluding tert-OH is 1. The monoisotopic (exact) mass is 558 g/mol. The zero-order valence-electron chi connectivity index (χ0n) is 22.4. The Balaban J connectivity index is 1.41. The van der Waals surface area contributed by atoms with E-state index in [9.17, 15) is 19.6 Å². The Labute approximate surface area is 238 Å². The first-order chi connectivity index (χ1) is 20.4. The molecule has 2 N–H and O–H groups in total. The summed E-state index contributed by atoms with van der Waals surface area (Å²) in [5.74, 6) is 0.649. The molecule has 1 saturated carbocycles. The minimum absolute atomic E-state index is 0.175. The van der Waals surface area contributed by atoms with E-state index < -0.39 is 17.5 Å². The lowest BCUT2D eigenvalue weighted by Crippen LogP contribution is -2.20. The van der Waals surface area contributed by atoms with Gasteiger partial charge in [0.1, 0.15) is 35.7 Å². The molecule has 1 aromatic carbocycles. The second-order valence-electron chi connectivity index (χ2n) is 10.4. The maximum absolute atomic E-state index is 14.4. The van der Waals surface area contributed by atoms with Gasteiger partial charge in [-0.15, -0.1) is 10.2 Å². The maximum Gasteiger partial charge on any atom is 0.280 e. The number of benzene rings is 1. The van der Waals surface area contributed by atoms with Crippen LogP contribution in [0.1, 0.15) is 47.4 Å². The molecule has 42 heavy (non-hydrogen) atoms. The molecule has 0 bridgehead atoms. The van der Waals surface area contributed by atoms with Crippen molar-refractivity contribution in [3.63, 3.8) is 0 Å². The Hall–Kier alpha value is -5.47.